The molecule has 0 aromatic rings. The van der Waals surface area contributed by atoms with Gasteiger partial charge in [-0.05, 0) is 62.8 Å². The van der Waals surface area contributed by atoms with Crippen LogP contribution in [0.25, 0.3) is 0 Å². The first-order chi connectivity index (χ1) is 30.9. The minimum atomic E-state index is -1.84. The quantitative estimate of drug-likeness (QED) is 0.195. The van der Waals surface area contributed by atoms with Crippen LogP contribution in [0.1, 0.15) is 101 Å². The fraction of sp³-hybridized carbons (Fsp3) is 0.760. The van der Waals surface area contributed by atoms with E-state index in [1.165, 1.54) is 6.92 Å². The number of carbonyl (C=O) groups excluding carboxylic acids is 2. The Balaban J connectivity index is 1.16. The van der Waals surface area contributed by atoms with Crippen LogP contribution in [-0.2, 0) is 57.0 Å². The molecule has 65 heavy (non-hydrogen) atoms. The average molecular weight is 914 g/mol. The number of rotatable bonds is 9. The van der Waals surface area contributed by atoms with E-state index in [0.29, 0.717) is 36.8 Å². The number of fused-ring (bicyclic) bond motifs is 2. The molecule has 15 nitrogen and oxygen atoms in total. The van der Waals surface area contributed by atoms with E-state index in [0.717, 1.165) is 12.0 Å². The van der Waals surface area contributed by atoms with Crippen molar-refractivity contribution in [2.24, 2.45) is 23.7 Å². The van der Waals surface area contributed by atoms with Crippen LogP contribution in [0.2, 0.25) is 0 Å². The molecular formula is C50H75NO14. The van der Waals surface area contributed by atoms with Crippen molar-refractivity contribution in [3.05, 3.63) is 59.3 Å². The smallest absolute Gasteiger partial charge is 0.316 e. The highest BCUT2D eigenvalue weighted by atomic mass is 16.7. The van der Waals surface area contributed by atoms with E-state index >= 15 is 0 Å². The molecule has 0 aromatic heterocycles. The van der Waals surface area contributed by atoms with Crippen molar-refractivity contribution in [1.82, 2.24) is 5.32 Å². The molecule has 364 valence electrons. The number of hydrogen-bond acceptors (Lipinski definition) is 14. The topological polar surface area (TPSA) is 179 Å². The molecule has 2 bridgehead atoms. The van der Waals surface area contributed by atoms with Gasteiger partial charge in [-0.1, -0.05) is 70.6 Å². The molecule has 20 atom stereocenters. The Morgan fingerprint density at radius 2 is 1.65 bits per heavy atom. The van der Waals surface area contributed by atoms with Crippen LogP contribution in [0, 0.1) is 23.7 Å². The summed E-state index contributed by atoms with van der Waals surface area (Å²) in [6.07, 6.45) is 9.46. The van der Waals surface area contributed by atoms with E-state index in [1.54, 1.807) is 33.3 Å². The van der Waals surface area contributed by atoms with Crippen molar-refractivity contribution in [2.45, 2.75) is 198 Å². The Hall–Kier alpha value is -2.80. The Bertz CT molecular complexity index is 1850. The zero-order chi connectivity index (χ0) is 47.0. The van der Waals surface area contributed by atoms with Gasteiger partial charge in [-0.15, -0.1) is 0 Å². The molecule has 1 spiro atoms. The Labute approximate surface area is 385 Å². The minimum absolute atomic E-state index is 0.0270. The van der Waals surface area contributed by atoms with Gasteiger partial charge in [0.25, 0.3) is 0 Å². The second kappa shape index (κ2) is 20.8. The van der Waals surface area contributed by atoms with E-state index in [-0.39, 0.29) is 61.0 Å². The molecule has 6 aliphatic heterocycles. The highest BCUT2D eigenvalue weighted by Crippen LogP contribution is 2.47. The third kappa shape index (κ3) is 10.6. The van der Waals surface area contributed by atoms with Gasteiger partial charge >= 0.3 is 5.97 Å². The first-order valence-corrected chi connectivity index (χ1v) is 23.8. The molecule has 1 amide bonds. The van der Waals surface area contributed by atoms with Gasteiger partial charge < -0.3 is 62.9 Å². The van der Waals surface area contributed by atoms with Crippen LogP contribution in [0.15, 0.2) is 59.3 Å². The second-order valence-electron chi connectivity index (χ2n) is 19.7. The van der Waals surface area contributed by atoms with Crippen molar-refractivity contribution < 1.29 is 67.2 Å². The molecule has 1 aliphatic carbocycles. The largest absolute Gasteiger partial charge is 0.462 e. The fourth-order valence-corrected chi connectivity index (χ4v) is 11.0. The van der Waals surface area contributed by atoms with Crippen LogP contribution in [0.3, 0.4) is 0 Å². The molecule has 7 aliphatic rings. The summed E-state index contributed by atoms with van der Waals surface area (Å²) in [6.45, 7) is 17.7. The average Bonchev–Trinajstić information content (AvgIpc) is 3.61. The summed E-state index contributed by atoms with van der Waals surface area (Å²) in [5.74, 6) is -2.75. The molecule has 0 saturated carbocycles. The van der Waals surface area contributed by atoms with Crippen LogP contribution in [0.4, 0.5) is 0 Å². The molecule has 7 rings (SSSR count). The summed E-state index contributed by atoms with van der Waals surface area (Å²) in [7, 11) is 3.27. The number of amides is 1. The molecule has 4 fully saturated rings. The minimum Gasteiger partial charge on any atom is -0.462 e. The first-order valence-electron chi connectivity index (χ1n) is 23.8. The van der Waals surface area contributed by atoms with Crippen LogP contribution >= 0.6 is 0 Å². The number of esters is 1. The van der Waals surface area contributed by atoms with Crippen LogP contribution in [-0.4, -0.2) is 140 Å². The molecule has 3 N–H and O–H groups in total. The van der Waals surface area contributed by atoms with Crippen LogP contribution in [0.5, 0.6) is 0 Å². The Morgan fingerprint density at radius 3 is 2.35 bits per heavy atom. The van der Waals surface area contributed by atoms with E-state index in [2.05, 4.69) is 45.2 Å². The highest BCUT2D eigenvalue weighted by molar-refractivity contribution is 5.78. The standard InChI is InChI=1S/C50H75NO14/c1-12-26(2)45-29(5)18-19-49(65-45)24-36-21-35(64-49)17-16-28(4)44(27(3)14-13-15-34-25-58-47-43(53)30(6)20-37(48(54)61-36)50(34,47)55)62-41-23-39(57-11)46(32(8)60-41)63-40-22-38(56-10)42(31(7)59-40)51-33(9)52/h13-16,18-20,26-27,29,31-32,35-47,53,55H,12,17,21-25H2,1-11H3,(H,51,52)/b14-13+,28-16+,34-15+/t26-,27+,29-,31-,32-,35+,36+,37+,38-,39-,40+,41+,42+,43+,44+,45-,46+,47+,49+,50+/m0/s1. The number of allylic oxidation sites excluding steroid dienone is 2. The summed E-state index contributed by atoms with van der Waals surface area (Å²) in [5, 5.41) is 26.7. The molecule has 0 radical (unpaired) electrons. The summed E-state index contributed by atoms with van der Waals surface area (Å²) < 4.78 is 64.4. The predicted octanol–water partition coefficient (Wildman–Crippen LogP) is 5.52. The summed E-state index contributed by atoms with van der Waals surface area (Å²) >= 11 is 0. The third-order valence-corrected chi connectivity index (χ3v) is 14.9. The predicted molar refractivity (Wildman–Crippen MR) is 239 cm³/mol. The monoisotopic (exact) mass is 914 g/mol. The van der Waals surface area contributed by atoms with Gasteiger partial charge in [0.2, 0.25) is 5.91 Å². The van der Waals surface area contributed by atoms with Gasteiger partial charge in [-0.2, -0.15) is 0 Å². The number of carbonyl (C=O) groups is 2. The van der Waals surface area contributed by atoms with Gasteiger partial charge in [0.1, 0.15) is 35.9 Å². The second-order valence-corrected chi connectivity index (χ2v) is 19.7. The number of aliphatic hydroxyl groups is 2. The normalized spacial score (nSPS) is 47.3. The number of aliphatic hydroxyl groups excluding tert-OH is 1. The molecule has 6 heterocycles. The van der Waals surface area contributed by atoms with Crippen molar-refractivity contribution in [3.63, 3.8) is 0 Å². The number of ether oxygens (including phenoxy) is 10. The number of methoxy groups -OCH3 is 2. The fourth-order valence-electron chi connectivity index (χ4n) is 11.0. The van der Waals surface area contributed by atoms with Gasteiger partial charge in [0.05, 0.1) is 55.4 Å². The molecule has 4 saturated heterocycles. The van der Waals surface area contributed by atoms with E-state index in [4.69, 9.17) is 47.4 Å². The van der Waals surface area contributed by atoms with Gasteiger partial charge in [0.15, 0.2) is 18.4 Å². The van der Waals surface area contributed by atoms with Gasteiger partial charge in [0, 0.05) is 58.7 Å². The maximum Gasteiger partial charge on any atom is 0.316 e. The SMILES string of the molecule is CC[C@H](C)[C@@H]1O[C@]2(C=C[C@@H]1C)C[C@H]1C[C@@H](C/C=C(\C)[C@H](O[C@@H]3C[C@H](OC)[C@H](O[C@@H]4C[C@H](OC)[C@H](NC(C)=O)[C@H](C)O4)[C@H](C)O3)[C@H](C)/C=C/C=C3\CO[C@@H]4[C@H](O)C(C)=C[C@H](C(=O)O1)[C@]34O)O2. The highest BCUT2D eigenvalue weighted by Gasteiger charge is 2.60. The van der Waals surface area contributed by atoms with Crippen molar-refractivity contribution in [1.29, 1.82) is 0 Å². The first kappa shape index (κ1) is 50.1. The van der Waals surface area contributed by atoms with E-state index < -0.39 is 84.7 Å². The van der Waals surface area contributed by atoms with Crippen LogP contribution < -0.4 is 5.32 Å². The molecule has 15 heteroatoms. The van der Waals surface area contributed by atoms with E-state index in [9.17, 15) is 19.8 Å². The maximum absolute atomic E-state index is 14.4. The summed E-state index contributed by atoms with van der Waals surface area (Å²) in [5.41, 5.74) is 0.116. The molecule has 0 unspecified atom stereocenters. The lowest BCUT2D eigenvalue weighted by Crippen LogP contribution is -2.58. The summed E-state index contributed by atoms with van der Waals surface area (Å²) in [6, 6.07) is -0.315. The lowest BCUT2D eigenvalue weighted by molar-refractivity contribution is -0.311. The Morgan fingerprint density at radius 1 is 0.938 bits per heavy atom. The Kier molecular flexibility index (Phi) is 16.0. The van der Waals surface area contributed by atoms with Crippen molar-refractivity contribution in [3.8, 4) is 0 Å². The maximum atomic E-state index is 14.4. The van der Waals surface area contributed by atoms with E-state index in [1.807, 2.05) is 39.0 Å². The van der Waals surface area contributed by atoms with Crippen molar-refractivity contribution in [2.75, 3.05) is 20.8 Å². The van der Waals surface area contributed by atoms with Crippen molar-refractivity contribution >= 4 is 11.9 Å². The lowest BCUT2D eigenvalue weighted by Gasteiger charge is -2.48. The zero-order valence-electron chi connectivity index (χ0n) is 40.2. The number of nitrogens with one attached hydrogen (secondary N) is 1. The number of hydrogen-bond donors (Lipinski definition) is 3. The molecular weight excluding hydrogens is 839 g/mol. The van der Waals surface area contributed by atoms with Gasteiger partial charge in [-0.25, -0.2) is 0 Å². The zero-order valence-corrected chi connectivity index (χ0v) is 40.2. The summed E-state index contributed by atoms with van der Waals surface area (Å²) in [4.78, 5) is 26.3. The van der Waals surface area contributed by atoms with Gasteiger partial charge in [-0.3, -0.25) is 9.59 Å². The lowest BCUT2D eigenvalue weighted by atomic mass is 9.71. The molecule has 0 aromatic carbocycles. The third-order valence-electron chi connectivity index (χ3n) is 14.9.